The lowest BCUT2D eigenvalue weighted by Gasteiger charge is -2.32. The molecule has 1 aromatic heterocycles. The highest BCUT2D eigenvalue weighted by molar-refractivity contribution is 14.0. The van der Waals surface area contributed by atoms with Crippen LogP contribution in [0.4, 0.5) is 0 Å². The van der Waals surface area contributed by atoms with Gasteiger partial charge in [0.25, 0.3) is 0 Å². The predicted molar refractivity (Wildman–Crippen MR) is 128 cm³/mol. The van der Waals surface area contributed by atoms with Crippen molar-refractivity contribution in [3.8, 4) is 0 Å². The van der Waals surface area contributed by atoms with Gasteiger partial charge in [-0.2, -0.15) is 0 Å². The van der Waals surface area contributed by atoms with E-state index in [4.69, 9.17) is 0 Å². The van der Waals surface area contributed by atoms with Gasteiger partial charge in [-0.3, -0.25) is 9.69 Å². The number of carbonyl (C=O) groups excluding carboxylic acids is 1. The van der Waals surface area contributed by atoms with Gasteiger partial charge < -0.3 is 15.5 Å². The van der Waals surface area contributed by atoms with Crippen LogP contribution in [-0.4, -0.2) is 67.5 Å². The van der Waals surface area contributed by atoms with E-state index in [-0.39, 0.29) is 36.4 Å². The second-order valence-electron chi connectivity index (χ2n) is 7.46. The molecule has 28 heavy (non-hydrogen) atoms. The quantitative estimate of drug-likeness (QED) is 0.331. The van der Waals surface area contributed by atoms with Gasteiger partial charge in [-0.25, -0.2) is 4.99 Å². The van der Waals surface area contributed by atoms with Crippen molar-refractivity contribution in [3.05, 3.63) is 22.4 Å². The molecule has 1 aromatic rings. The van der Waals surface area contributed by atoms with Crippen LogP contribution in [0.1, 0.15) is 37.5 Å². The van der Waals surface area contributed by atoms with E-state index >= 15 is 0 Å². The largest absolute Gasteiger partial charge is 0.357 e. The zero-order valence-corrected chi connectivity index (χ0v) is 20.0. The molecule has 3 heterocycles. The minimum Gasteiger partial charge on any atom is -0.357 e. The number of rotatable bonds is 7. The molecule has 0 radical (unpaired) electrons. The second kappa shape index (κ2) is 12.6. The Morgan fingerprint density at radius 1 is 1.21 bits per heavy atom. The summed E-state index contributed by atoms with van der Waals surface area (Å²) in [6.45, 7) is 9.22. The van der Waals surface area contributed by atoms with Crippen LogP contribution in [0.5, 0.6) is 0 Å². The molecule has 2 aliphatic rings. The number of carbonyl (C=O) groups is 1. The van der Waals surface area contributed by atoms with Crippen molar-refractivity contribution >= 4 is 47.2 Å². The van der Waals surface area contributed by atoms with Crippen LogP contribution < -0.4 is 10.6 Å². The number of aliphatic imine (C=N–C) groups is 1. The summed E-state index contributed by atoms with van der Waals surface area (Å²) in [7, 11) is 0. The zero-order chi connectivity index (χ0) is 18.9. The number of hydrogen-bond donors (Lipinski definition) is 2. The maximum atomic E-state index is 12.2. The molecule has 6 nitrogen and oxygen atoms in total. The van der Waals surface area contributed by atoms with Crippen LogP contribution >= 0.6 is 35.3 Å². The first-order valence-corrected chi connectivity index (χ1v) is 11.2. The van der Waals surface area contributed by atoms with Crippen LogP contribution in [0.3, 0.4) is 0 Å². The molecule has 0 spiro atoms. The molecule has 0 bridgehead atoms. The maximum absolute atomic E-state index is 12.2. The fraction of sp³-hybridized carbons (Fsp3) is 0.700. The summed E-state index contributed by atoms with van der Waals surface area (Å²) in [4.78, 5) is 22.6. The fourth-order valence-electron chi connectivity index (χ4n) is 3.77. The van der Waals surface area contributed by atoms with E-state index in [1.54, 1.807) is 0 Å². The number of thiophene rings is 1. The molecule has 0 atom stereocenters. The normalized spacial score (nSPS) is 18.8. The summed E-state index contributed by atoms with van der Waals surface area (Å²) in [6, 6.07) is 4.35. The Kier molecular flexibility index (Phi) is 10.6. The van der Waals surface area contributed by atoms with Crippen LogP contribution in [0.25, 0.3) is 0 Å². The van der Waals surface area contributed by atoms with Gasteiger partial charge in [-0.05, 0) is 63.1 Å². The molecule has 158 valence electrons. The lowest BCUT2D eigenvalue weighted by atomic mass is 9.97. The molecule has 1 amide bonds. The van der Waals surface area contributed by atoms with E-state index in [2.05, 4.69) is 45.0 Å². The van der Waals surface area contributed by atoms with Crippen molar-refractivity contribution in [3.63, 3.8) is 0 Å². The van der Waals surface area contributed by atoms with Crippen molar-refractivity contribution < 1.29 is 4.79 Å². The molecular formula is C20H34IN5OS. The average Bonchev–Trinajstić information content (AvgIpc) is 3.39. The molecule has 2 saturated heterocycles. The topological polar surface area (TPSA) is 60.0 Å². The maximum Gasteiger partial charge on any atom is 0.244 e. The Balaban J connectivity index is 0.00000280. The van der Waals surface area contributed by atoms with Gasteiger partial charge in [0.2, 0.25) is 5.91 Å². The lowest BCUT2D eigenvalue weighted by molar-refractivity contribution is -0.128. The van der Waals surface area contributed by atoms with Crippen LogP contribution in [0.15, 0.2) is 22.5 Å². The Labute approximate surface area is 190 Å². The van der Waals surface area contributed by atoms with E-state index in [0.717, 1.165) is 64.6 Å². The van der Waals surface area contributed by atoms with Crippen molar-refractivity contribution in [2.45, 2.75) is 39.2 Å². The summed E-state index contributed by atoms with van der Waals surface area (Å²) < 4.78 is 0. The van der Waals surface area contributed by atoms with Crippen molar-refractivity contribution in [1.29, 1.82) is 0 Å². The van der Waals surface area contributed by atoms with Crippen LogP contribution in [0, 0.1) is 5.92 Å². The molecule has 0 aliphatic carbocycles. The van der Waals surface area contributed by atoms with Gasteiger partial charge in [-0.1, -0.05) is 6.07 Å². The second-order valence-corrected chi connectivity index (χ2v) is 8.50. The third kappa shape index (κ3) is 7.51. The third-order valence-electron chi connectivity index (χ3n) is 5.40. The van der Waals surface area contributed by atoms with Gasteiger partial charge in [-0.15, -0.1) is 35.3 Å². The Morgan fingerprint density at radius 3 is 2.61 bits per heavy atom. The Bertz CT molecular complexity index is 596. The van der Waals surface area contributed by atoms with E-state index in [1.165, 1.54) is 17.7 Å². The van der Waals surface area contributed by atoms with Crippen LogP contribution in [-0.2, 0) is 11.3 Å². The monoisotopic (exact) mass is 519 g/mol. The highest BCUT2D eigenvalue weighted by Gasteiger charge is 2.20. The molecule has 2 fully saturated rings. The standard InChI is InChI=1S/C20H33N5OS.HI/c1-2-21-20(23-15-19(26)25-9-3-4-10-25)22-14-17-7-11-24(12-8-17)16-18-6-5-13-27-18;/h5-6,13,17H,2-4,7-12,14-16H2,1H3,(H2,21,22,23);1H. The molecule has 0 unspecified atom stereocenters. The number of guanidine groups is 1. The highest BCUT2D eigenvalue weighted by Crippen LogP contribution is 2.20. The van der Waals surface area contributed by atoms with Crippen molar-refractivity contribution in [2.75, 3.05) is 45.8 Å². The molecule has 0 aromatic carbocycles. The number of nitrogens with one attached hydrogen (secondary N) is 2. The molecule has 8 heteroatoms. The molecule has 0 saturated carbocycles. The SMILES string of the molecule is CCNC(=NCC(=O)N1CCCC1)NCC1CCN(Cc2cccs2)CC1.I. The van der Waals surface area contributed by atoms with E-state index in [1.807, 2.05) is 16.2 Å². The number of amides is 1. The fourth-order valence-corrected chi connectivity index (χ4v) is 4.51. The smallest absolute Gasteiger partial charge is 0.244 e. The van der Waals surface area contributed by atoms with Crippen molar-refractivity contribution in [2.24, 2.45) is 10.9 Å². The average molecular weight is 519 g/mol. The summed E-state index contributed by atoms with van der Waals surface area (Å²) in [5.74, 6) is 1.58. The van der Waals surface area contributed by atoms with Crippen LogP contribution in [0.2, 0.25) is 0 Å². The zero-order valence-electron chi connectivity index (χ0n) is 16.9. The summed E-state index contributed by atoms with van der Waals surface area (Å²) in [6.07, 6.45) is 4.67. The number of hydrogen-bond acceptors (Lipinski definition) is 4. The first-order chi connectivity index (χ1) is 13.2. The van der Waals surface area contributed by atoms with Crippen molar-refractivity contribution in [1.82, 2.24) is 20.4 Å². The first-order valence-electron chi connectivity index (χ1n) is 10.3. The minimum atomic E-state index is 0. The first kappa shape index (κ1) is 23.4. The summed E-state index contributed by atoms with van der Waals surface area (Å²) >= 11 is 1.84. The van der Waals surface area contributed by atoms with Gasteiger partial charge >= 0.3 is 0 Å². The summed E-state index contributed by atoms with van der Waals surface area (Å²) in [5.41, 5.74) is 0. The molecule has 3 rings (SSSR count). The number of nitrogens with zero attached hydrogens (tertiary/aromatic N) is 3. The van der Waals surface area contributed by atoms with E-state index in [9.17, 15) is 4.79 Å². The van der Waals surface area contributed by atoms with Gasteiger partial charge in [0.1, 0.15) is 6.54 Å². The number of piperidine rings is 1. The Hall–Kier alpha value is -0.870. The lowest BCUT2D eigenvalue weighted by Crippen LogP contribution is -2.43. The molecule has 2 aliphatic heterocycles. The highest BCUT2D eigenvalue weighted by atomic mass is 127. The third-order valence-corrected chi connectivity index (χ3v) is 6.26. The summed E-state index contributed by atoms with van der Waals surface area (Å²) in [5, 5.41) is 8.87. The Morgan fingerprint density at radius 2 is 1.96 bits per heavy atom. The minimum absolute atomic E-state index is 0. The van der Waals surface area contributed by atoms with Gasteiger partial charge in [0.15, 0.2) is 5.96 Å². The van der Waals surface area contributed by atoms with Gasteiger partial charge in [0.05, 0.1) is 0 Å². The molecular weight excluding hydrogens is 485 g/mol. The molecule has 2 N–H and O–H groups in total. The van der Waals surface area contributed by atoms with E-state index in [0.29, 0.717) is 5.92 Å². The number of halogens is 1. The van der Waals surface area contributed by atoms with Gasteiger partial charge in [0, 0.05) is 37.6 Å². The predicted octanol–water partition coefficient (Wildman–Crippen LogP) is 2.76. The van der Waals surface area contributed by atoms with E-state index < -0.39 is 0 Å². The number of likely N-dealkylation sites (tertiary alicyclic amines) is 2.